The summed E-state index contributed by atoms with van der Waals surface area (Å²) in [5.74, 6) is 0.144. The molecule has 7 heteroatoms. The van der Waals surface area contributed by atoms with Gasteiger partial charge in [-0.25, -0.2) is 0 Å². The molecule has 23 heavy (non-hydrogen) atoms. The van der Waals surface area contributed by atoms with Gasteiger partial charge in [-0.05, 0) is 24.3 Å². The molecule has 1 N–H and O–H groups in total. The summed E-state index contributed by atoms with van der Waals surface area (Å²) in [6, 6.07) is 3.76. The molecule has 6 nitrogen and oxygen atoms in total. The van der Waals surface area contributed by atoms with Crippen molar-refractivity contribution in [2.75, 3.05) is 53.0 Å². The van der Waals surface area contributed by atoms with E-state index in [1.165, 1.54) is 11.3 Å². The van der Waals surface area contributed by atoms with Gasteiger partial charge in [-0.3, -0.25) is 14.5 Å². The van der Waals surface area contributed by atoms with Crippen molar-refractivity contribution in [3.8, 4) is 0 Å². The van der Waals surface area contributed by atoms with Crippen molar-refractivity contribution in [1.82, 2.24) is 15.1 Å². The van der Waals surface area contributed by atoms with Gasteiger partial charge in [0, 0.05) is 46.4 Å². The van der Waals surface area contributed by atoms with Crippen molar-refractivity contribution in [1.29, 1.82) is 0 Å². The van der Waals surface area contributed by atoms with E-state index in [1.807, 2.05) is 22.4 Å². The Morgan fingerprint density at radius 2 is 2.17 bits per heavy atom. The Kier molecular flexibility index (Phi) is 7.51. The lowest BCUT2D eigenvalue weighted by Gasteiger charge is -2.21. The lowest BCUT2D eigenvalue weighted by Crippen LogP contribution is -2.40. The molecule has 1 fully saturated rings. The van der Waals surface area contributed by atoms with E-state index in [1.54, 1.807) is 7.11 Å². The molecule has 2 heterocycles. The molecule has 2 amide bonds. The standard InChI is InChI=1S/C16H25N3O3S/c1-22-11-3-6-17-15(20)13-18-7-4-8-19(10-9-18)16(21)14-5-2-12-23-14/h2,5,12H,3-4,6-11,13H2,1H3,(H,17,20). The van der Waals surface area contributed by atoms with Gasteiger partial charge in [0.05, 0.1) is 11.4 Å². The Hall–Kier alpha value is -1.44. The molecule has 0 saturated carbocycles. The summed E-state index contributed by atoms with van der Waals surface area (Å²) in [6.45, 7) is 4.71. The summed E-state index contributed by atoms with van der Waals surface area (Å²) in [6.07, 6.45) is 1.72. The predicted octanol–water partition coefficient (Wildman–Crippen LogP) is 1.05. The van der Waals surface area contributed by atoms with Crippen LogP contribution in [0.5, 0.6) is 0 Å². The molecule has 1 saturated heterocycles. The van der Waals surface area contributed by atoms with E-state index in [4.69, 9.17) is 4.74 Å². The van der Waals surface area contributed by atoms with Crippen LogP contribution in [0, 0.1) is 0 Å². The first-order valence-electron chi connectivity index (χ1n) is 8.01. The average Bonchev–Trinajstić information content (AvgIpc) is 2.99. The fourth-order valence-electron chi connectivity index (χ4n) is 2.59. The molecule has 0 aliphatic carbocycles. The van der Waals surface area contributed by atoms with Crippen molar-refractivity contribution in [3.05, 3.63) is 22.4 Å². The van der Waals surface area contributed by atoms with Crippen LogP contribution < -0.4 is 5.32 Å². The van der Waals surface area contributed by atoms with Gasteiger partial charge in [0.15, 0.2) is 0 Å². The van der Waals surface area contributed by atoms with Crippen LogP contribution in [0.15, 0.2) is 17.5 Å². The second-order valence-corrected chi connectivity index (χ2v) is 6.54. The first kappa shape index (κ1) is 17.9. The first-order chi connectivity index (χ1) is 11.2. The molecule has 0 bridgehead atoms. The molecule has 128 valence electrons. The monoisotopic (exact) mass is 339 g/mol. The Bertz CT molecular complexity index is 493. The smallest absolute Gasteiger partial charge is 0.263 e. The van der Waals surface area contributed by atoms with E-state index in [-0.39, 0.29) is 11.8 Å². The highest BCUT2D eigenvalue weighted by molar-refractivity contribution is 7.12. The number of nitrogens with one attached hydrogen (secondary N) is 1. The topological polar surface area (TPSA) is 61.9 Å². The van der Waals surface area contributed by atoms with E-state index in [0.29, 0.717) is 26.2 Å². The zero-order valence-corrected chi connectivity index (χ0v) is 14.4. The number of rotatable bonds is 7. The third-order valence-electron chi connectivity index (χ3n) is 3.82. The Morgan fingerprint density at radius 1 is 1.30 bits per heavy atom. The van der Waals surface area contributed by atoms with Gasteiger partial charge in [0.1, 0.15) is 0 Å². The van der Waals surface area contributed by atoms with Crippen LogP contribution in [-0.2, 0) is 9.53 Å². The number of thiophene rings is 1. The number of hydrogen-bond donors (Lipinski definition) is 1. The normalized spacial score (nSPS) is 16.1. The lowest BCUT2D eigenvalue weighted by atomic mass is 10.3. The van der Waals surface area contributed by atoms with Gasteiger partial charge in [0.25, 0.3) is 5.91 Å². The Morgan fingerprint density at radius 3 is 2.91 bits per heavy atom. The van der Waals surface area contributed by atoms with Gasteiger partial charge < -0.3 is 15.0 Å². The van der Waals surface area contributed by atoms with Crippen LogP contribution in [0.4, 0.5) is 0 Å². The number of amides is 2. The van der Waals surface area contributed by atoms with Gasteiger partial charge in [-0.2, -0.15) is 0 Å². The number of hydrogen-bond acceptors (Lipinski definition) is 5. The zero-order chi connectivity index (χ0) is 16.5. The quantitative estimate of drug-likeness (QED) is 0.754. The first-order valence-corrected chi connectivity index (χ1v) is 8.89. The molecular formula is C16H25N3O3S. The molecule has 1 aliphatic heterocycles. The van der Waals surface area contributed by atoms with Crippen LogP contribution in [0.3, 0.4) is 0 Å². The second kappa shape index (κ2) is 9.64. The summed E-state index contributed by atoms with van der Waals surface area (Å²) in [7, 11) is 1.66. The van der Waals surface area contributed by atoms with Crippen LogP contribution in [0.2, 0.25) is 0 Å². The van der Waals surface area contributed by atoms with Crippen LogP contribution in [0.1, 0.15) is 22.5 Å². The highest BCUT2D eigenvalue weighted by Crippen LogP contribution is 2.13. The summed E-state index contributed by atoms with van der Waals surface area (Å²) in [5.41, 5.74) is 0. The molecule has 0 radical (unpaired) electrons. The van der Waals surface area contributed by atoms with Crippen molar-refractivity contribution in [2.24, 2.45) is 0 Å². The van der Waals surface area contributed by atoms with Gasteiger partial charge in [-0.15, -0.1) is 11.3 Å². The summed E-state index contributed by atoms with van der Waals surface area (Å²) >= 11 is 1.48. The summed E-state index contributed by atoms with van der Waals surface area (Å²) in [5, 5.41) is 4.82. The van der Waals surface area contributed by atoms with Crippen molar-refractivity contribution < 1.29 is 14.3 Å². The Balaban J connectivity index is 1.73. The van der Waals surface area contributed by atoms with Crippen LogP contribution in [0.25, 0.3) is 0 Å². The molecule has 2 rings (SSSR count). The molecule has 1 aromatic heterocycles. The summed E-state index contributed by atoms with van der Waals surface area (Å²) < 4.78 is 4.96. The molecule has 0 aromatic carbocycles. The lowest BCUT2D eigenvalue weighted by molar-refractivity contribution is -0.122. The van der Waals surface area contributed by atoms with Crippen molar-refractivity contribution in [2.45, 2.75) is 12.8 Å². The van der Waals surface area contributed by atoms with E-state index < -0.39 is 0 Å². The minimum absolute atomic E-state index is 0.0409. The van der Waals surface area contributed by atoms with Gasteiger partial charge in [0.2, 0.25) is 5.91 Å². The van der Waals surface area contributed by atoms with Crippen LogP contribution >= 0.6 is 11.3 Å². The molecular weight excluding hydrogens is 314 g/mol. The molecule has 0 spiro atoms. The second-order valence-electron chi connectivity index (χ2n) is 5.60. The van der Waals surface area contributed by atoms with E-state index in [9.17, 15) is 9.59 Å². The third kappa shape index (κ3) is 5.93. The largest absolute Gasteiger partial charge is 0.385 e. The zero-order valence-electron chi connectivity index (χ0n) is 13.6. The summed E-state index contributed by atoms with van der Waals surface area (Å²) in [4.78, 5) is 29.1. The molecule has 1 aromatic rings. The highest BCUT2D eigenvalue weighted by Gasteiger charge is 2.21. The highest BCUT2D eigenvalue weighted by atomic mass is 32.1. The van der Waals surface area contributed by atoms with Gasteiger partial charge >= 0.3 is 0 Å². The van der Waals surface area contributed by atoms with Crippen LogP contribution in [-0.4, -0.2) is 74.6 Å². The number of carbonyl (C=O) groups excluding carboxylic acids is 2. The maximum absolute atomic E-state index is 12.4. The van der Waals surface area contributed by atoms with Gasteiger partial charge in [-0.1, -0.05) is 6.07 Å². The SMILES string of the molecule is COCCCNC(=O)CN1CCCN(C(=O)c2cccs2)CC1. The van der Waals surface area contributed by atoms with Crippen molar-refractivity contribution in [3.63, 3.8) is 0 Å². The fourth-order valence-corrected chi connectivity index (χ4v) is 3.28. The maximum Gasteiger partial charge on any atom is 0.263 e. The number of nitrogens with zero attached hydrogens (tertiary/aromatic N) is 2. The molecule has 0 unspecified atom stereocenters. The maximum atomic E-state index is 12.4. The van der Waals surface area contributed by atoms with E-state index in [2.05, 4.69) is 10.2 Å². The minimum atomic E-state index is 0.0409. The van der Waals surface area contributed by atoms with Crippen molar-refractivity contribution >= 4 is 23.2 Å². The third-order valence-corrected chi connectivity index (χ3v) is 4.68. The predicted molar refractivity (Wildman–Crippen MR) is 90.8 cm³/mol. The minimum Gasteiger partial charge on any atom is -0.385 e. The Labute approximate surface area is 141 Å². The molecule has 0 atom stereocenters. The van der Waals surface area contributed by atoms with E-state index in [0.717, 1.165) is 37.4 Å². The van der Waals surface area contributed by atoms with E-state index >= 15 is 0 Å². The number of carbonyl (C=O) groups is 2. The number of methoxy groups -OCH3 is 1. The number of ether oxygens (including phenoxy) is 1. The fraction of sp³-hybridized carbons (Fsp3) is 0.625. The molecule has 1 aliphatic rings. The average molecular weight is 339 g/mol.